The molecule has 148 heavy (non-hydrogen) atoms. The maximum Gasteiger partial charge on any atom is 0.573 e. The molecule has 0 aliphatic heterocycles. The summed E-state index contributed by atoms with van der Waals surface area (Å²) in [4.78, 5) is 0. The molecule has 0 unspecified atom stereocenters. The molecule has 0 bridgehead atoms. The highest BCUT2D eigenvalue weighted by molar-refractivity contribution is 7.08. The Balaban J connectivity index is 0.000000816. The van der Waals surface area contributed by atoms with Crippen LogP contribution in [0.5, 0.6) is 40.2 Å². The number of thiophene rings is 1. The Morgan fingerprint density at radius 2 is 0.574 bits per heavy atom. The lowest BCUT2D eigenvalue weighted by molar-refractivity contribution is -0.275. The largest absolute Gasteiger partial charge is 0.573 e. The smallest absolute Gasteiger partial charge is 0.497 e. The molecule has 0 aliphatic carbocycles. The van der Waals surface area contributed by atoms with Crippen LogP contribution < -0.4 is 33.2 Å². The summed E-state index contributed by atoms with van der Waals surface area (Å²) < 4.78 is 256. The third-order valence-electron chi connectivity index (χ3n) is 22.3. The van der Waals surface area contributed by atoms with E-state index in [9.17, 15) is 79.0 Å². The predicted molar refractivity (Wildman–Crippen MR) is 574 cm³/mol. The van der Waals surface area contributed by atoms with E-state index < -0.39 is 59.2 Å². The quantitative estimate of drug-likeness (QED) is 0.133. The van der Waals surface area contributed by atoms with Gasteiger partial charge in [0.15, 0.2) is 11.6 Å². The molecule has 1 heterocycles. The fourth-order valence-electron chi connectivity index (χ4n) is 12.8. The van der Waals surface area contributed by atoms with E-state index in [0.717, 1.165) is 71.0 Å². The number of hydrogen-bond donors (Lipinski definition) is 0. The first-order valence-electron chi connectivity index (χ1n) is 48.6. The molecule has 0 amide bonds. The lowest BCUT2D eigenvalue weighted by atomic mass is 9.86. The van der Waals surface area contributed by atoms with Gasteiger partial charge in [0.25, 0.3) is 0 Å². The predicted octanol–water partition coefficient (Wildman–Crippen LogP) is 39.5. The van der Waals surface area contributed by atoms with Gasteiger partial charge in [0.05, 0.1) is 51.7 Å². The van der Waals surface area contributed by atoms with Crippen LogP contribution in [0, 0.1) is 24.4 Å². The number of methoxy groups -OCH3 is 4. The van der Waals surface area contributed by atoms with Crippen molar-refractivity contribution < 1.29 is 112 Å². The Labute approximate surface area is 876 Å². The maximum absolute atomic E-state index is 13.1. The SMILES string of the molecule is CC(C)(C)c1ccc(F)c(C(F)(F)F)c1.CC(C)(C)c1ccc(OC(F)(F)F)cc1.CC(C)(C)c1cccc(C(F)(F)F)c1.CC(C)(C)c1cccc(OC(F)(F)F)c1.CC(C)(C)c1ccsc1.CCOc1cccc(C(C)(C)C)c1.CCc1cccc(C(C)(C)C)c1.COc1cc(C(C)(C)C)ccc1C.COc1cc(C(C)(C)C)ccc1F.COc1cc(F)cc(C(C)(C)C)c1.COc1ccc(C(C)(C)C)cc1C(F)(F)F. The molecular weight excluding hydrogens is 1950 g/mol. The lowest BCUT2D eigenvalue weighted by Crippen LogP contribution is -2.18. The van der Waals surface area contributed by atoms with Crippen molar-refractivity contribution in [3.05, 3.63) is 336 Å². The van der Waals surface area contributed by atoms with Gasteiger partial charge in [-0.05, 0) is 266 Å². The summed E-state index contributed by atoms with van der Waals surface area (Å²) in [5.74, 6) is 0.556. The van der Waals surface area contributed by atoms with Crippen LogP contribution in [0.2, 0.25) is 0 Å². The minimum Gasteiger partial charge on any atom is -0.497 e. The van der Waals surface area contributed by atoms with Crippen molar-refractivity contribution in [2.75, 3.05) is 35.0 Å². The molecule has 0 radical (unpaired) electrons. The first-order valence-corrected chi connectivity index (χ1v) is 49.5. The van der Waals surface area contributed by atoms with Crippen molar-refractivity contribution in [2.24, 2.45) is 0 Å². The highest BCUT2D eigenvalue weighted by atomic mass is 32.1. The van der Waals surface area contributed by atoms with Crippen LogP contribution in [0.25, 0.3) is 0 Å². The van der Waals surface area contributed by atoms with Gasteiger partial charge in [0, 0.05) is 6.07 Å². The van der Waals surface area contributed by atoms with Crippen LogP contribution in [0.1, 0.15) is 331 Å². The van der Waals surface area contributed by atoms with Crippen LogP contribution in [0.15, 0.2) is 229 Å². The number of hydrogen-bond acceptors (Lipinski definition) is 8. The van der Waals surface area contributed by atoms with E-state index in [0.29, 0.717) is 33.6 Å². The Morgan fingerprint density at radius 3 is 0.946 bits per heavy atom. The summed E-state index contributed by atoms with van der Waals surface area (Å²) in [6.07, 6.45) is -21.4. The van der Waals surface area contributed by atoms with Gasteiger partial charge in [-0.25, -0.2) is 13.2 Å². The Kier molecular flexibility index (Phi) is 51.0. The average Bonchev–Trinajstić information content (AvgIpc) is 1.01. The van der Waals surface area contributed by atoms with E-state index in [2.05, 4.69) is 199 Å². The number of rotatable bonds is 9. The highest BCUT2D eigenvalue weighted by Crippen LogP contribution is 2.42. The van der Waals surface area contributed by atoms with Crippen molar-refractivity contribution in [3.63, 3.8) is 0 Å². The normalized spacial score (nSPS) is 12.2. The average molecular weight is 2110 g/mol. The molecule has 10 aromatic carbocycles. The van der Waals surface area contributed by atoms with Crippen LogP contribution >= 0.6 is 11.3 Å². The summed E-state index contributed by atoms with van der Waals surface area (Å²) >= 11 is 1.77. The maximum atomic E-state index is 13.1. The van der Waals surface area contributed by atoms with Gasteiger partial charge < -0.3 is 33.2 Å². The van der Waals surface area contributed by atoms with Crippen LogP contribution in [-0.2, 0) is 84.5 Å². The van der Waals surface area contributed by atoms with E-state index in [1.165, 1.54) is 108 Å². The molecule has 0 saturated carbocycles. The number of halogens is 18. The number of benzene rings is 10. The molecule has 11 aromatic rings. The monoisotopic (exact) mass is 2110 g/mol. The summed E-state index contributed by atoms with van der Waals surface area (Å²) in [7, 11) is 5.97. The molecule has 7 nitrogen and oxygen atoms in total. The first kappa shape index (κ1) is 135. The van der Waals surface area contributed by atoms with Crippen molar-refractivity contribution in [1.29, 1.82) is 0 Å². The van der Waals surface area contributed by atoms with Crippen molar-refractivity contribution in [2.45, 2.75) is 346 Å². The highest BCUT2D eigenvalue weighted by Gasteiger charge is 2.39. The topological polar surface area (TPSA) is 64.6 Å². The molecule has 0 saturated heterocycles. The van der Waals surface area contributed by atoms with Crippen LogP contribution in [0.4, 0.5) is 79.0 Å². The molecule has 26 heteroatoms. The molecule has 0 fully saturated rings. The second-order valence-electron chi connectivity index (χ2n) is 46.5. The summed E-state index contributed by atoms with van der Waals surface area (Å²) in [5, 5.41) is 4.33. The van der Waals surface area contributed by atoms with E-state index in [4.69, 9.17) is 23.7 Å². The van der Waals surface area contributed by atoms with Crippen LogP contribution in [-0.4, -0.2) is 47.8 Å². The van der Waals surface area contributed by atoms with Gasteiger partial charge in [-0.3, -0.25) is 0 Å². The van der Waals surface area contributed by atoms with E-state index >= 15 is 0 Å². The summed E-state index contributed by atoms with van der Waals surface area (Å²) in [6.45, 7) is 74.4. The molecule has 0 atom stereocenters. The molecule has 0 N–H and O–H groups in total. The second kappa shape index (κ2) is 55.8. The van der Waals surface area contributed by atoms with Gasteiger partial charge in [0.1, 0.15) is 46.1 Å². The molecule has 11 rings (SSSR count). The van der Waals surface area contributed by atoms with Crippen molar-refractivity contribution in [1.82, 2.24) is 0 Å². The third-order valence-corrected chi connectivity index (χ3v) is 23.0. The minimum absolute atomic E-state index is 0.0288. The van der Waals surface area contributed by atoms with E-state index in [1.54, 1.807) is 101 Å². The van der Waals surface area contributed by atoms with Crippen molar-refractivity contribution in [3.8, 4) is 40.2 Å². The van der Waals surface area contributed by atoms with Gasteiger partial charge >= 0.3 is 31.3 Å². The zero-order valence-electron chi connectivity index (χ0n) is 94.4. The fraction of sp³-hybridized carbons (Fsp3) is 0.475. The van der Waals surface area contributed by atoms with E-state index in [1.807, 2.05) is 129 Å². The molecule has 0 spiro atoms. The second-order valence-corrected chi connectivity index (χ2v) is 47.3. The lowest BCUT2D eigenvalue weighted by Gasteiger charge is -2.21. The first-order chi connectivity index (χ1) is 66.9. The van der Waals surface area contributed by atoms with Crippen molar-refractivity contribution >= 4 is 11.3 Å². The standard InChI is InChI=1S/C12H15F3O.2C12H18O.C12H18.C11H12F4.2C11H13F3O.C11H13F3.2C11H15FO.C8H12S/c1-11(2,3)8-5-6-10(16-4)9(7-8)12(13,14)15;1-9-6-7-10(12(2,3)4)8-11(9)13-5;1-5-13-11-8-6-7-10(9-11)12(2,3)4;1-5-10-7-6-8-11(9-10)12(2,3)4;1-10(2,3)7-4-5-9(12)8(6-7)11(13,14)15;1-10(2,3)8-4-6-9(7-5-8)15-11(12,13)14;1-10(2,3)8-5-4-6-9(7-8)15-11(12,13)14;1-10(2,3)8-5-4-6-9(7-8)11(12,13)14;1-11(2,3)8-5-9(12)7-10(6-8)13-4;1-11(2,3)8-5-6-9(12)10(7-8)13-4;1-8(2,3)7-4-5-9-6-7/h5-7H,1-4H3;6-8H,1-5H3;6-9H,5H2,1-4H3;6-9H,5H2,1-4H3;4-6H,1-3H3;2*4-7H,1-3H3;4-7H,1-3H3;2*5-7H,1-4H3;4-6H,1-3H3. The minimum atomic E-state index is -4.63. The van der Waals surface area contributed by atoms with Gasteiger partial charge in [-0.15, -0.1) is 26.3 Å². The van der Waals surface area contributed by atoms with Gasteiger partial charge in [0.2, 0.25) is 0 Å². The van der Waals surface area contributed by atoms with Crippen LogP contribution in [0.3, 0.4) is 0 Å². The van der Waals surface area contributed by atoms with Gasteiger partial charge in [-0.2, -0.15) is 50.9 Å². The molecule has 824 valence electrons. The molecule has 1 aromatic heterocycles. The zero-order valence-corrected chi connectivity index (χ0v) is 95.2. The zero-order chi connectivity index (χ0) is 115. The Morgan fingerprint density at radius 1 is 0.243 bits per heavy atom. The Hall–Kier alpha value is -10.8. The van der Waals surface area contributed by atoms with E-state index in [-0.39, 0.29) is 77.6 Å². The fourth-order valence-corrected chi connectivity index (χ4v) is 13.7. The summed E-state index contributed by atoms with van der Waals surface area (Å²) in [6, 6.07) is 60.2. The van der Waals surface area contributed by atoms with Gasteiger partial charge in [-0.1, -0.05) is 345 Å². The number of ether oxygens (including phenoxy) is 7. The molecular formula is C122H162F18O7S. The summed E-state index contributed by atoms with van der Waals surface area (Å²) in [5.41, 5.74) is 11.0. The molecule has 0 aliphatic rings. The third kappa shape index (κ3) is 51.6. The Bertz CT molecular complexity index is 5660. The number of alkyl halides is 15. The number of aryl methyl sites for hydroxylation is 2.